The minimum absolute atomic E-state index is 0.135. The number of amides is 1. The van der Waals surface area contributed by atoms with Gasteiger partial charge in [-0.25, -0.2) is 0 Å². The van der Waals surface area contributed by atoms with Crippen molar-refractivity contribution in [3.63, 3.8) is 0 Å². The summed E-state index contributed by atoms with van der Waals surface area (Å²) in [5.41, 5.74) is 6.00. The van der Waals surface area contributed by atoms with E-state index in [4.69, 9.17) is 5.73 Å². The van der Waals surface area contributed by atoms with Crippen molar-refractivity contribution in [3.8, 4) is 0 Å². The zero-order chi connectivity index (χ0) is 16.3. The van der Waals surface area contributed by atoms with Crippen LogP contribution in [0.25, 0.3) is 0 Å². The summed E-state index contributed by atoms with van der Waals surface area (Å²) in [4.78, 5) is 14.6. The summed E-state index contributed by atoms with van der Waals surface area (Å²) in [7, 11) is 0. The van der Waals surface area contributed by atoms with Crippen LogP contribution in [0.2, 0.25) is 0 Å². The Balaban J connectivity index is 4.43. The first-order valence-corrected chi connectivity index (χ1v) is 8.89. The minimum Gasteiger partial charge on any atom is -0.341 e. The maximum Gasteiger partial charge on any atom is 0.240 e. The molecule has 21 heavy (non-hydrogen) atoms. The van der Waals surface area contributed by atoms with E-state index in [-0.39, 0.29) is 11.3 Å². The Bertz CT molecular complexity index is 259. The summed E-state index contributed by atoms with van der Waals surface area (Å²) in [6.45, 7) is 12.3. The van der Waals surface area contributed by atoms with Gasteiger partial charge in [0, 0.05) is 13.1 Å². The van der Waals surface area contributed by atoms with Gasteiger partial charge in [0.2, 0.25) is 5.91 Å². The predicted molar refractivity (Wildman–Crippen MR) is 92.3 cm³/mol. The van der Waals surface area contributed by atoms with Gasteiger partial charge in [-0.05, 0) is 18.3 Å². The van der Waals surface area contributed by atoms with E-state index in [1.54, 1.807) is 0 Å². The molecule has 0 heterocycles. The molecule has 0 bridgehead atoms. The summed E-state index contributed by atoms with van der Waals surface area (Å²) in [6.07, 6.45) is 9.58. The number of carbonyl (C=O) groups excluding carboxylic acids is 1. The van der Waals surface area contributed by atoms with E-state index < -0.39 is 6.04 Å². The lowest BCUT2D eigenvalue weighted by Crippen LogP contribution is -2.50. The van der Waals surface area contributed by atoms with Gasteiger partial charge in [0.1, 0.15) is 0 Å². The second kappa shape index (κ2) is 11.1. The molecule has 0 rings (SSSR count). The molecule has 1 atom stereocenters. The summed E-state index contributed by atoms with van der Waals surface area (Å²) in [5, 5.41) is 0. The highest BCUT2D eigenvalue weighted by Gasteiger charge is 2.30. The molecule has 1 amide bonds. The molecule has 0 saturated carbocycles. The highest BCUT2D eigenvalue weighted by atomic mass is 16.2. The summed E-state index contributed by atoms with van der Waals surface area (Å²) in [6, 6.07) is -0.394. The van der Waals surface area contributed by atoms with Crippen molar-refractivity contribution in [1.29, 1.82) is 0 Å². The Morgan fingerprint density at radius 1 is 0.905 bits per heavy atom. The molecule has 0 fully saturated rings. The smallest absolute Gasteiger partial charge is 0.240 e. The van der Waals surface area contributed by atoms with Crippen molar-refractivity contribution < 1.29 is 4.79 Å². The number of carbonyl (C=O) groups is 1. The molecule has 2 N–H and O–H groups in total. The number of rotatable bonds is 11. The zero-order valence-electron chi connectivity index (χ0n) is 15.1. The monoisotopic (exact) mass is 298 g/mol. The van der Waals surface area contributed by atoms with Crippen molar-refractivity contribution in [2.24, 2.45) is 11.1 Å². The molecule has 0 aromatic rings. The van der Waals surface area contributed by atoms with Crippen LogP contribution in [0, 0.1) is 5.41 Å². The molecule has 0 aromatic heterocycles. The quantitative estimate of drug-likeness (QED) is 0.576. The third-order valence-corrected chi connectivity index (χ3v) is 4.07. The van der Waals surface area contributed by atoms with Gasteiger partial charge in [-0.3, -0.25) is 4.79 Å². The van der Waals surface area contributed by atoms with Gasteiger partial charge >= 0.3 is 0 Å². The number of nitrogens with two attached hydrogens (primary N) is 1. The molecule has 0 aliphatic heterocycles. The summed E-state index contributed by atoms with van der Waals surface area (Å²) >= 11 is 0. The van der Waals surface area contributed by atoms with Crippen LogP contribution in [0.5, 0.6) is 0 Å². The van der Waals surface area contributed by atoms with Crippen molar-refractivity contribution in [2.45, 2.75) is 92.0 Å². The van der Waals surface area contributed by atoms with Gasteiger partial charge in [0.15, 0.2) is 0 Å². The fourth-order valence-electron chi connectivity index (χ4n) is 2.36. The predicted octanol–water partition coefficient (Wildman–Crippen LogP) is 4.35. The lowest BCUT2D eigenvalue weighted by molar-refractivity contribution is -0.135. The van der Waals surface area contributed by atoms with E-state index in [1.165, 1.54) is 38.5 Å². The first-order valence-electron chi connectivity index (χ1n) is 8.89. The molecule has 3 nitrogen and oxygen atoms in total. The Morgan fingerprint density at radius 3 is 1.67 bits per heavy atom. The second-order valence-corrected chi connectivity index (χ2v) is 7.29. The molecule has 0 saturated heterocycles. The van der Waals surface area contributed by atoms with E-state index in [2.05, 4.69) is 13.8 Å². The normalized spacial score (nSPS) is 13.2. The summed E-state index contributed by atoms with van der Waals surface area (Å²) < 4.78 is 0. The van der Waals surface area contributed by atoms with Gasteiger partial charge < -0.3 is 10.6 Å². The second-order valence-electron chi connectivity index (χ2n) is 7.29. The van der Waals surface area contributed by atoms with Crippen molar-refractivity contribution in [3.05, 3.63) is 0 Å². The average Bonchev–Trinajstić information content (AvgIpc) is 2.43. The lowest BCUT2D eigenvalue weighted by atomic mass is 9.86. The van der Waals surface area contributed by atoms with Gasteiger partial charge in [-0.1, -0.05) is 73.1 Å². The molecule has 0 spiro atoms. The van der Waals surface area contributed by atoms with Gasteiger partial charge in [0.05, 0.1) is 6.04 Å². The number of unbranched alkanes of at least 4 members (excludes halogenated alkanes) is 6. The molecule has 0 radical (unpaired) electrons. The van der Waals surface area contributed by atoms with Crippen molar-refractivity contribution in [2.75, 3.05) is 13.1 Å². The Hall–Kier alpha value is -0.570. The molecular weight excluding hydrogens is 260 g/mol. The van der Waals surface area contributed by atoms with Gasteiger partial charge in [-0.2, -0.15) is 0 Å². The SMILES string of the molecule is CCCCCCN(CCCCCC)C(=O)C(N)C(C)(C)C. The Labute approximate surface area is 132 Å². The van der Waals surface area contributed by atoms with E-state index in [0.717, 1.165) is 25.9 Å². The maximum absolute atomic E-state index is 12.6. The van der Waals surface area contributed by atoms with Crippen LogP contribution in [-0.2, 0) is 4.79 Å². The van der Waals surface area contributed by atoms with Crippen molar-refractivity contribution in [1.82, 2.24) is 4.90 Å². The summed E-state index contributed by atoms with van der Waals surface area (Å²) in [5.74, 6) is 0.135. The number of hydrogen-bond donors (Lipinski definition) is 1. The number of nitrogens with zero attached hydrogens (tertiary/aromatic N) is 1. The topological polar surface area (TPSA) is 46.3 Å². The van der Waals surface area contributed by atoms with Gasteiger partial charge in [-0.15, -0.1) is 0 Å². The number of hydrogen-bond acceptors (Lipinski definition) is 2. The van der Waals surface area contributed by atoms with E-state index in [0.29, 0.717) is 0 Å². The third-order valence-electron chi connectivity index (χ3n) is 4.07. The van der Waals surface area contributed by atoms with Crippen LogP contribution in [0.1, 0.15) is 86.0 Å². The molecule has 0 aliphatic rings. The Morgan fingerprint density at radius 2 is 1.33 bits per heavy atom. The zero-order valence-corrected chi connectivity index (χ0v) is 15.1. The highest BCUT2D eigenvalue weighted by molar-refractivity contribution is 5.82. The molecule has 3 heteroatoms. The highest BCUT2D eigenvalue weighted by Crippen LogP contribution is 2.20. The Kier molecular flexibility index (Phi) is 10.8. The average molecular weight is 299 g/mol. The van der Waals surface area contributed by atoms with E-state index >= 15 is 0 Å². The molecule has 126 valence electrons. The van der Waals surface area contributed by atoms with Crippen molar-refractivity contribution >= 4 is 5.91 Å². The van der Waals surface area contributed by atoms with Crippen LogP contribution in [0.3, 0.4) is 0 Å². The van der Waals surface area contributed by atoms with Gasteiger partial charge in [0.25, 0.3) is 0 Å². The molecule has 1 unspecified atom stereocenters. The fourth-order valence-corrected chi connectivity index (χ4v) is 2.36. The molecular formula is C18H38N2O. The molecule has 0 aromatic carbocycles. The van der Waals surface area contributed by atoms with E-state index in [9.17, 15) is 4.79 Å². The minimum atomic E-state index is -0.394. The van der Waals surface area contributed by atoms with Crippen LogP contribution < -0.4 is 5.73 Å². The van der Waals surface area contributed by atoms with Crippen LogP contribution in [-0.4, -0.2) is 29.9 Å². The van der Waals surface area contributed by atoms with Crippen LogP contribution >= 0.6 is 0 Å². The van der Waals surface area contributed by atoms with Crippen LogP contribution in [0.4, 0.5) is 0 Å². The standard InChI is InChI=1S/C18H38N2O/c1-6-8-10-12-14-20(15-13-11-9-7-2)17(21)16(19)18(3,4)5/h16H,6-15,19H2,1-5H3. The third kappa shape index (κ3) is 9.13. The maximum atomic E-state index is 12.6. The van der Waals surface area contributed by atoms with E-state index in [1.807, 2.05) is 25.7 Å². The fraction of sp³-hybridized carbons (Fsp3) is 0.944. The van der Waals surface area contributed by atoms with Crippen LogP contribution in [0.15, 0.2) is 0 Å². The first-order chi connectivity index (χ1) is 9.84. The largest absolute Gasteiger partial charge is 0.341 e. The lowest BCUT2D eigenvalue weighted by Gasteiger charge is -2.32. The first kappa shape index (κ1) is 20.4. The molecule has 0 aliphatic carbocycles.